The van der Waals surface area contributed by atoms with Gasteiger partial charge in [0.15, 0.2) is 0 Å². The molecule has 0 saturated carbocycles. The summed E-state index contributed by atoms with van der Waals surface area (Å²) in [7, 11) is 0. The van der Waals surface area contributed by atoms with Crippen LogP contribution in [-0.2, 0) is 5.75 Å². The molecule has 0 bridgehead atoms. The van der Waals surface area contributed by atoms with Crippen molar-refractivity contribution in [3.8, 4) is 0 Å². The van der Waals surface area contributed by atoms with Crippen molar-refractivity contribution in [2.24, 2.45) is 0 Å². The molecule has 0 aliphatic carbocycles. The smallest absolute Gasteiger partial charge is 0.129 e. The van der Waals surface area contributed by atoms with Gasteiger partial charge in [-0.15, -0.1) is 11.8 Å². The third-order valence-electron chi connectivity index (χ3n) is 2.09. The van der Waals surface area contributed by atoms with Crippen LogP contribution in [-0.4, -0.2) is 4.98 Å². The zero-order valence-electron chi connectivity index (χ0n) is 8.56. The van der Waals surface area contributed by atoms with Gasteiger partial charge in [-0.2, -0.15) is 0 Å². The molecular weight excluding hydrogens is 223 g/mol. The van der Waals surface area contributed by atoms with Crippen LogP contribution in [0.25, 0.3) is 0 Å². The van der Waals surface area contributed by atoms with Crippen LogP contribution in [0.5, 0.6) is 0 Å². The number of halogens is 1. The lowest BCUT2D eigenvalue weighted by Crippen LogP contribution is -1.91. The van der Waals surface area contributed by atoms with E-state index in [2.05, 4.69) is 4.98 Å². The van der Waals surface area contributed by atoms with Crippen LogP contribution in [0.2, 0.25) is 0 Å². The molecule has 0 aliphatic heterocycles. The second kappa shape index (κ2) is 4.99. The molecule has 0 amide bonds. The van der Waals surface area contributed by atoms with E-state index >= 15 is 0 Å². The van der Waals surface area contributed by atoms with E-state index in [0.717, 1.165) is 5.03 Å². The number of nitrogens with two attached hydrogens (primary N) is 1. The van der Waals surface area contributed by atoms with Gasteiger partial charge in [0.2, 0.25) is 0 Å². The summed E-state index contributed by atoms with van der Waals surface area (Å²) in [5, 5.41) is 0.888. The summed E-state index contributed by atoms with van der Waals surface area (Å²) in [6.45, 7) is 0. The van der Waals surface area contributed by atoms with Crippen LogP contribution in [0.4, 0.5) is 10.1 Å². The number of nitrogens with zero attached hydrogens (tertiary/aromatic N) is 1. The lowest BCUT2D eigenvalue weighted by Gasteiger charge is -2.03. The summed E-state index contributed by atoms with van der Waals surface area (Å²) in [6.07, 6.45) is 1.72. The Hall–Kier alpha value is -1.55. The maximum atomic E-state index is 13.4. The highest BCUT2D eigenvalue weighted by molar-refractivity contribution is 7.98. The minimum absolute atomic E-state index is 0.261. The zero-order valence-corrected chi connectivity index (χ0v) is 9.38. The Morgan fingerprint density at radius 3 is 2.81 bits per heavy atom. The molecule has 1 aromatic heterocycles. The lowest BCUT2D eigenvalue weighted by atomic mass is 10.2. The minimum atomic E-state index is -0.261. The maximum Gasteiger partial charge on any atom is 0.129 e. The van der Waals surface area contributed by atoms with Crippen molar-refractivity contribution in [2.45, 2.75) is 10.8 Å². The molecule has 1 aromatic carbocycles. The molecule has 2 nitrogen and oxygen atoms in total. The van der Waals surface area contributed by atoms with Gasteiger partial charge in [-0.3, -0.25) is 0 Å². The number of rotatable bonds is 3. The van der Waals surface area contributed by atoms with Crippen molar-refractivity contribution in [3.05, 3.63) is 54.0 Å². The van der Waals surface area contributed by atoms with E-state index in [-0.39, 0.29) is 5.82 Å². The molecular formula is C12H11FN2S. The Morgan fingerprint density at radius 1 is 1.25 bits per heavy atom. The highest BCUT2D eigenvalue weighted by Crippen LogP contribution is 2.22. The first kappa shape index (κ1) is 11.0. The van der Waals surface area contributed by atoms with Crippen LogP contribution < -0.4 is 5.73 Å². The Labute approximate surface area is 97.7 Å². The fourth-order valence-electron chi connectivity index (χ4n) is 1.26. The van der Waals surface area contributed by atoms with Crippen molar-refractivity contribution >= 4 is 17.4 Å². The van der Waals surface area contributed by atoms with Gasteiger partial charge in [-0.25, -0.2) is 9.37 Å². The molecule has 0 fully saturated rings. The second-order valence-electron chi connectivity index (χ2n) is 3.31. The van der Waals surface area contributed by atoms with E-state index < -0.39 is 0 Å². The van der Waals surface area contributed by atoms with E-state index in [0.29, 0.717) is 17.0 Å². The number of thioether (sulfide) groups is 1. The Bertz CT molecular complexity index is 474. The molecule has 2 rings (SSSR count). The SMILES string of the molecule is Nc1ccc(CSc2ccccn2)c(F)c1. The van der Waals surface area contributed by atoms with Gasteiger partial charge >= 0.3 is 0 Å². The van der Waals surface area contributed by atoms with Crippen LogP contribution in [0, 0.1) is 5.82 Å². The number of hydrogen-bond donors (Lipinski definition) is 1. The van der Waals surface area contributed by atoms with Gasteiger partial charge in [0, 0.05) is 17.6 Å². The summed E-state index contributed by atoms with van der Waals surface area (Å²) in [5.74, 6) is 0.298. The molecule has 0 atom stereocenters. The highest BCUT2D eigenvalue weighted by Gasteiger charge is 2.03. The summed E-state index contributed by atoms with van der Waals surface area (Å²) in [4.78, 5) is 4.16. The van der Waals surface area contributed by atoms with E-state index in [1.165, 1.54) is 17.8 Å². The summed E-state index contributed by atoms with van der Waals surface area (Å²) < 4.78 is 13.4. The fraction of sp³-hybridized carbons (Fsp3) is 0.0833. The van der Waals surface area contributed by atoms with E-state index in [4.69, 9.17) is 5.73 Å². The molecule has 2 aromatic rings. The topological polar surface area (TPSA) is 38.9 Å². The lowest BCUT2D eigenvalue weighted by molar-refractivity contribution is 0.618. The summed E-state index contributed by atoms with van der Waals surface area (Å²) in [5.41, 5.74) is 6.57. The average Bonchev–Trinajstić information content (AvgIpc) is 2.29. The monoisotopic (exact) mass is 234 g/mol. The van der Waals surface area contributed by atoms with Crippen molar-refractivity contribution in [2.75, 3.05) is 5.73 Å². The van der Waals surface area contributed by atoms with Gasteiger partial charge in [0.25, 0.3) is 0 Å². The molecule has 0 unspecified atom stereocenters. The van der Waals surface area contributed by atoms with Gasteiger partial charge < -0.3 is 5.73 Å². The van der Waals surface area contributed by atoms with Crippen LogP contribution in [0.1, 0.15) is 5.56 Å². The van der Waals surface area contributed by atoms with Crippen LogP contribution in [0.3, 0.4) is 0 Å². The maximum absolute atomic E-state index is 13.4. The molecule has 4 heteroatoms. The largest absolute Gasteiger partial charge is 0.399 e. The fourth-order valence-corrected chi connectivity index (χ4v) is 2.11. The molecule has 0 saturated heterocycles. The average molecular weight is 234 g/mol. The first-order valence-corrected chi connectivity index (χ1v) is 5.82. The number of nitrogen functional groups attached to an aromatic ring is 1. The molecule has 16 heavy (non-hydrogen) atoms. The quantitative estimate of drug-likeness (QED) is 0.655. The molecule has 0 spiro atoms. The normalized spacial score (nSPS) is 10.3. The number of aromatic nitrogens is 1. The first-order chi connectivity index (χ1) is 7.75. The number of anilines is 1. The molecule has 0 aliphatic rings. The minimum Gasteiger partial charge on any atom is -0.399 e. The van der Waals surface area contributed by atoms with Gasteiger partial charge in [0.1, 0.15) is 5.82 Å². The summed E-state index contributed by atoms with van der Waals surface area (Å²) >= 11 is 1.50. The number of hydrogen-bond acceptors (Lipinski definition) is 3. The Morgan fingerprint density at radius 2 is 2.12 bits per heavy atom. The molecule has 2 N–H and O–H groups in total. The molecule has 1 heterocycles. The van der Waals surface area contributed by atoms with E-state index in [9.17, 15) is 4.39 Å². The van der Waals surface area contributed by atoms with Crippen molar-refractivity contribution in [1.82, 2.24) is 4.98 Å². The standard InChI is InChI=1S/C12H11FN2S/c13-11-7-10(14)5-4-9(11)8-16-12-3-1-2-6-15-12/h1-7H,8,14H2. The van der Waals surface area contributed by atoms with E-state index in [1.54, 1.807) is 18.3 Å². The molecule has 82 valence electrons. The van der Waals surface area contributed by atoms with Crippen LogP contribution >= 0.6 is 11.8 Å². The van der Waals surface area contributed by atoms with Gasteiger partial charge in [-0.05, 0) is 29.8 Å². The predicted octanol–water partition coefficient (Wildman–Crippen LogP) is 3.10. The third-order valence-corrected chi connectivity index (χ3v) is 3.08. The highest BCUT2D eigenvalue weighted by atomic mass is 32.2. The number of pyridine rings is 1. The van der Waals surface area contributed by atoms with Crippen molar-refractivity contribution in [1.29, 1.82) is 0 Å². The Kier molecular flexibility index (Phi) is 3.41. The summed E-state index contributed by atoms with van der Waals surface area (Å²) in [6, 6.07) is 10.4. The third kappa shape index (κ3) is 2.73. The second-order valence-corrected chi connectivity index (χ2v) is 4.30. The van der Waals surface area contributed by atoms with Gasteiger partial charge in [-0.1, -0.05) is 12.1 Å². The van der Waals surface area contributed by atoms with Gasteiger partial charge in [0.05, 0.1) is 5.03 Å². The predicted molar refractivity (Wildman–Crippen MR) is 64.6 cm³/mol. The molecule has 0 radical (unpaired) electrons. The van der Waals surface area contributed by atoms with Crippen LogP contribution in [0.15, 0.2) is 47.6 Å². The Balaban J connectivity index is 2.05. The van der Waals surface area contributed by atoms with Crippen molar-refractivity contribution < 1.29 is 4.39 Å². The van der Waals surface area contributed by atoms with Crippen molar-refractivity contribution in [3.63, 3.8) is 0 Å². The number of benzene rings is 1. The van der Waals surface area contributed by atoms with E-state index in [1.807, 2.05) is 18.2 Å². The first-order valence-electron chi connectivity index (χ1n) is 4.83. The zero-order chi connectivity index (χ0) is 11.4.